The highest BCUT2D eigenvalue weighted by molar-refractivity contribution is 9.10. The van der Waals surface area contributed by atoms with E-state index in [4.69, 9.17) is 23.2 Å². The van der Waals surface area contributed by atoms with E-state index in [2.05, 4.69) is 35.0 Å². The summed E-state index contributed by atoms with van der Waals surface area (Å²) in [4.78, 5) is 2.52. The van der Waals surface area contributed by atoms with Crippen LogP contribution < -0.4 is 0 Å². The summed E-state index contributed by atoms with van der Waals surface area (Å²) in [7, 11) is 0. The number of halogens is 3. The van der Waals surface area contributed by atoms with Crippen molar-refractivity contribution in [3.8, 4) is 0 Å². The van der Waals surface area contributed by atoms with Gasteiger partial charge in [-0.1, -0.05) is 34.5 Å². The van der Waals surface area contributed by atoms with Gasteiger partial charge in [-0.3, -0.25) is 0 Å². The molecule has 2 rings (SSSR count). The number of rotatable bonds is 3. The predicted molar refractivity (Wildman–Crippen MR) is 80.5 cm³/mol. The molecule has 90 valence electrons. The first kappa shape index (κ1) is 13.4. The van der Waals surface area contributed by atoms with Crippen molar-refractivity contribution >= 4 is 50.5 Å². The summed E-state index contributed by atoms with van der Waals surface area (Å²) in [5, 5.41) is 0.572. The molecule has 0 bridgehead atoms. The Morgan fingerprint density at radius 3 is 2.65 bits per heavy atom. The molecule has 0 fully saturated rings. The predicted octanol–water partition coefficient (Wildman–Crippen LogP) is 6.05. The zero-order valence-corrected chi connectivity index (χ0v) is 13.1. The third-order valence-electron chi connectivity index (χ3n) is 2.46. The molecule has 0 aliphatic heterocycles. The lowest BCUT2D eigenvalue weighted by Gasteiger charge is -2.08. The summed E-state index contributed by atoms with van der Waals surface area (Å²) >= 11 is 17.7. The molecule has 0 amide bonds. The summed E-state index contributed by atoms with van der Waals surface area (Å²) in [6.45, 7) is 2.15. The maximum absolute atomic E-state index is 6.48. The molecule has 0 saturated carbocycles. The fraction of sp³-hybridized carbons (Fsp3) is 0.231. The van der Waals surface area contributed by atoms with E-state index < -0.39 is 0 Å². The Bertz CT molecular complexity index is 502. The van der Waals surface area contributed by atoms with Crippen molar-refractivity contribution in [2.45, 2.75) is 18.7 Å². The van der Waals surface area contributed by atoms with Crippen LogP contribution in [0.5, 0.6) is 0 Å². The van der Waals surface area contributed by atoms with Gasteiger partial charge in [-0.15, -0.1) is 22.9 Å². The van der Waals surface area contributed by atoms with Gasteiger partial charge < -0.3 is 0 Å². The van der Waals surface area contributed by atoms with Crippen LogP contribution in [0, 0.1) is 0 Å². The van der Waals surface area contributed by atoms with Crippen molar-refractivity contribution < 1.29 is 0 Å². The highest BCUT2D eigenvalue weighted by Crippen LogP contribution is 2.36. The molecule has 0 N–H and O–H groups in total. The normalized spacial score (nSPS) is 12.7. The van der Waals surface area contributed by atoms with Crippen LogP contribution in [0.1, 0.15) is 27.6 Å². The minimum atomic E-state index is -0.129. The average Bonchev–Trinajstić information content (AvgIpc) is 2.75. The first-order valence-electron chi connectivity index (χ1n) is 5.29. The SMILES string of the molecule is CCc1ccc(C(Cl)c2cc(Cl)cc(Br)c2)s1. The van der Waals surface area contributed by atoms with Gasteiger partial charge in [0.25, 0.3) is 0 Å². The topological polar surface area (TPSA) is 0 Å². The number of hydrogen-bond donors (Lipinski definition) is 0. The third kappa shape index (κ3) is 3.25. The van der Waals surface area contributed by atoms with Crippen molar-refractivity contribution in [3.05, 3.63) is 55.1 Å². The molecule has 0 aliphatic rings. The first-order chi connectivity index (χ1) is 8.10. The van der Waals surface area contributed by atoms with E-state index in [1.165, 1.54) is 4.88 Å². The third-order valence-corrected chi connectivity index (χ3v) is 5.05. The molecule has 1 heterocycles. The van der Waals surface area contributed by atoms with E-state index in [1.807, 2.05) is 18.2 Å². The van der Waals surface area contributed by atoms with E-state index in [1.54, 1.807) is 11.3 Å². The number of aryl methyl sites for hydroxylation is 1. The van der Waals surface area contributed by atoms with Crippen LogP contribution in [-0.4, -0.2) is 0 Å². The van der Waals surface area contributed by atoms with E-state index in [0.29, 0.717) is 5.02 Å². The molecular weight excluding hydrogens is 339 g/mol. The first-order valence-corrected chi connectivity index (χ1v) is 7.71. The Morgan fingerprint density at radius 2 is 2.06 bits per heavy atom. The van der Waals surface area contributed by atoms with Gasteiger partial charge in [0, 0.05) is 19.2 Å². The fourth-order valence-corrected chi connectivity index (χ4v) is 3.78. The van der Waals surface area contributed by atoms with E-state index in [9.17, 15) is 0 Å². The molecule has 0 aliphatic carbocycles. The highest BCUT2D eigenvalue weighted by Gasteiger charge is 2.14. The van der Waals surface area contributed by atoms with E-state index in [0.717, 1.165) is 21.3 Å². The van der Waals surface area contributed by atoms with Crippen molar-refractivity contribution in [3.63, 3.8) is 0 Å². The van der Waals surface area contributed by atoms with Crippen LogP contribution in [0.4, 0.5) is 0 Å². The Kier molecular flexibility index (Phi) is 4.53. The van der Waals surface area contributed by atoms with Crippen LogP contribution in [-0.2, 0) is 6.42 Å². The van der Waals surface area contributed by atoms with Gasteiger partial charge in [0.15, 0.2) is 0 Å². The van der Waals surface area contributed by atoms with Crippen LogP contribution in [0.2, 0.25) is 5.02 Å². The number of benzene rings is 1. The second kappa shape index (κ2) is 5.75. The lowest BCUT2D eigenvalue weighted by Crippen LogP contribution is -1.90. The smallest absolute Gasteiger partial charge is 0.0928 e. The lowest BCUT2D eigenvalue weighted by atomic mass is 10.1. The number of hydrogen-bond acceptors (Lipinski definition) is 1. The molecule has 0 radical (unpaired) electrons. The van der Waals surface area contributed by atoms with Gasteiger partial charge in [0.1, 0.15) is 0 Å². The van der Waals surface area contributed by atoms with Crippen LogP contribution in [0.15, 0.2) is 34.8 Å². The lowest BCUT2D eigenvalue weighted by molar-refractivity contribution is 1.18. The molecular formula is C13H11BrCl2S. The minimum absolute atomic E-state index is 0.129. The molecule has 0 nitrogen and oxygen atoms in total. The van der Waals surface area contributed by atoms with Crippen LogP contribution in [0.25, 0.3) is 0 Å². The summed E-state index contributed by atoms with van der Waals surface area (Å²) < 4.78 is 0.956. The van der Waals surface area contributed by atoms with E-state index >= 15 is 0 Å². The summed E-state index contributed by atoms with van der Waals surface area (Å²) in [5.74, 6) is 0. The highest BCUT2D eigenvalue weighted by atomic mass is 79.9. The largest absolute Gasteiger partial charge is 0.143 e. The molecule has 0 spiro atoms. The Morgan fingerprint density at radius 1 is 1.29 bits per heavy atom. The monoisotopic (exact) mass is 348 g/mol. The Hall–Kier alpha value is -0.0200. The Balaban J connectivity index is 2.32. The average molecular weight is 350 g/mol. The summed E-state index contributed by atoms with van der Waals surface area (Å²) in [5.41, 5.74) is 1.02. The van der Waals surface area contributed by atoms with Crippen molar-refractivity contribution in [1.29, 1.82) is 0 Å². The molecule has 1 unspecified atom stereocenters. The minimum Gasteiger partial charge on any atom is -0.143 e. The zero-order valence-electron chi connectivity index (χ0n) is 9.21. The zero-order chi connectivity index (χ0) is 12.4. The number of alkyl halides is 1. The molecule has 1 aromatic heterocycles. The molecule has 2 aromatic rings. The standard InChI is InChI=1S/C13H11BrCl2S/c1-2-11-3-4-12(17-11)13(16)8-5-9(14)7-10(15)6-8/h3-7,13H,2H2,1H3. The van der Waals surface area contributed by atoms with Crippen molar-refractivity contribution in [1.82, 2.24) is 0 Å². The molecule has 0 saturated heterocycles. The Labute approximate surface area is 124 Å². The van der Waals surface area contributed by atoms with Crippen LogP contribution >= 0.6 is 50.5 Å². The van der Waals surface area contributed by atoms with Crippen molar-refractivity contribution in [2.75, 3.05) is 0 Å². The van der Waals surface area contributed by atoms with Gasteiger partial charge in [-0.05, 0) is 42.3 Å². The molecule has 4 heteroatoms. The second-order valence-corrected chi connectivity index (χ2v) is 6.71. The summed E-state index contributed by atoms with van der Waals surface area (Å²) in [6.07, 6.45) is 1.05. The van der Waals surface area contributed by atoms with E-state index in [-0.39, 0.29) is 5.38 Å². The maximum Gasteiger partial charge on any atom is 0.0928 e. The van der Waals surface area contributed by atoms with Gasteiger partial charge in [-0.25, -0.2) is 0 Å². The van der Waals surface area contributed by atoms with Gasteiger partial charge in [0.2, 0.25) is 0 Å². The van der Waals surface area contributed by atoms with Gasteiger partial charge in [0.05, 0.1) is 5.38 Å². The van der Waals surface area contributed by atoms with Crippen molar-refractivity contribution in [2.24, 2.45) is 0 Å². The molecule has 1 aromatic carbocycles. The maximum atomic E-state index is 6.48. The van der Waals surface area contributed by atoms with Crippen LogP contribution in [0.3, 0.4) is 0 Å². The molecule has 1 atom stereocenters. The molecule has 17 heavy (non-hydrogen) atoms. The van der Waals surface area contributed by atoms with Gasteiger partial charge >= 0.3 is 0 Å². The van der Waals surface area contributed by atoms with Gasteiger partial charge in [-0.2, -0.15) is 0 Å². The second-order valence-electron chi connectivity index (χ2n) is 3.72. The number of thiophene rings is 1. The quantitative estimate of drug-likeness (QED) is 0.591. The summed E-state index contributed by atoms with van der Waals surface area (Å²) in [6, 6.07) is 10.0. The fourth-order valence-electron chi connectivity index (χ4n) is 1.61.